The summed E-state index contributed by atoms with van der Waals surface area (Å²) >= 11 is 0. The van der Waals surface area contributed by atoms with Crippen LogP contribution in [0, 0.1) is 6.92 Å². The number of anilines is 2. The highest BCUT2D eigenvalue weighted by atomic mass is 16.5. The number of fused-ring (bicyclic) bond motifs is 1. The van der Waals surface area contributed by atoms with E-state index >= 15 is 0 Å². The van der Waals surface area contributed by atoms with Crippen molar-refractivity contribution in [3.05, 3.63) is 83.7 Å². The van der Waals surface area contributed by atoms with Crippen molar-refractivity contribution < 1.29 is 9.53 Å². The zero-order chi connectivity index (χ0) is 18.1. The molecular weight excluding hydrogens is 326 g/mol. The van der Waals surface area contributed by atoms with Crippen LogP contribution in [-0.2, 0) is 0 Å². The molecule has 0 fully saturated rings. The van der Waals surface area contributed by atoms with Crippen molar-refractivity contribution in [1.82, 2.24) is 4.98 Å². The normalized spacial score (nSPS) is 16.0. The number of methoxy groups -OCH3 is 1. The molecule has 5 heteroatoms. The van der Waals surface area contributed by atoms with Crippen molar-refractivity contribution in [3.8, 4) is 5.75 Å². The number of hydrogen-bond donors (Lipinski definition) is 1. The van der Waals surface area contributed by atoms with E-state index in [9.17, 15) is 4.79 Å². The number of pyridine rings is 1. The lowest BCUT2D eigenvalue weighted by Gasteiger charge is -2.38. The van der Waals surface area contributed by atoms with Gasteiger partial charge in [0.15, 0.2) is 0 Å². The average molecular weight is 345 g/mol. The Morgan fingerprint density at radius 2 is 1.85 bits per heavy atom. The average Bonchev–Trinajstić information content (AvgIpc) is 2.68. The fourth-order valence-electron chi connectivity index (χ4n) is 3.33. The van der Waals surface area contributed by atoms with E-state index in [1.165, 1.54) is 0 Å². The van der Waals surface area contributed by atoms with E-state index < -0.39 is 0 Å². The molecule has 1 aromatic heterocycles. The standard InChI is InChI=1S/C21H19N3O2/c1-14-13-15(7-8-19(14)26-2)20-23-18-6-4-3-5-17(18)21(25)24(20)16-9-11-22-12-10-16/h3-13,20,23H,1-2H3/t20-/m0/s1. The molecule has 0 saturated carbocycles. The molecule has 2 aromatic carbocycles. The van der Waals surface area contributed by atoms with Gasteiger partial charge < -0.3 is 10.1 Å². The second-order valence-corrected chi connectivity index (χ2v) is 6.20. The molecule has 3 aromatic rings. The molecule has 0 aliphatic carbocycles. The molecular formula is C21H19N3O2. The number of nitrogens with zero attached hydrogens (tertiary/aromatic N) is 2. The minimum Gasteiger partial charge on any atom is -0.496 e. The summed E-state index contributed by atoms with van der Waals surface area (Å²) < 4.78 is 5.37. The number of ether oxygens (including phenoxy) is 1. The summed E-state index contributed by atoms with van der Waals surface area (Å²) in [5.74, 6) is 0.788. The summed E-state index contributed by atoms with van der Waals surface area (Å²) in [5, 5.41) is 3.50. The largest absolute Gasteiger partial charge is 0.496 e. The van der Waals surface area contributed by atoms with Crippen LogP contribution in [0.5, 0.6) is 5.75 Å². The summed E-state index contributed by atoms with van der Waals surface area (Å²) in [6.45, 7) is 2.00. The Hall–Kier alpha value is -3.34. The number of benzene rings is 2. The smallest absolute Gasteiger partial charge is 0.262 e. The molecule has 1 N–H and O–H groups in total. The van der Waals surface area contributed by atoms with Gasteiger partial charge in [0.05, 0.1) is 12.7 Å². The zero-order valence-corrected chi connectivity index (χ0v) is 14.6. The van der Waals surface area contributed by atoms with Gasteiger partial charge in [-0.25, -0.2) is 0 Å². The van der Waals surface area contributed by atoms with Crippen molar-refractivity contribution in [1.29, 1.82) is 0 Å². The van der Waals surface area contributed by atoms with Crippen molar-refractivity contribution in [2.24, 2.45) is 0 Å². The second-order valence-electron chi connectivity index (χ2n) is 6.20. The van der Waals surface area contributed by atoms with Gasteiger partial charge in [-0.2, -0.15) is 0 Å². The highest BCUT2D eigenvalue weighted by Crippen LogP contribution is 2.37. The van der Waals surface area contributed by atoms with Crippen LogP contribution in [0.25, 0.3) is 0 Å². The van der Waals surface area contributed by atoms with Gasteiger partial charge in [0, 0.05) is 23.8 Å². The van der Waals surface area contributed by atoms with Crippen LogP contribution in [0.1, 0.15) is 27.7 Å². The first-order chi connectivity index (χ1) is 12.7. The Balaban J connectivity index is 1.85. The van der Waals surface area contributed by atoms with E-state index in [1.54, 1.807) is 24.4 Å². The molecule has 0 saturated heterocycles. The van der Waals surface area contributed by atoms with Gasteiger partial charge in [-0.15, -0.1) is 0 Å². The van der Waals surface area contributed by atoms with Crippen LogP contribution in [-0.4, -0.2) is 18.0 Å². The number of amides is 1. The van der Waals surface area contributed by atoms with Gasteiger partial charge in [0.2, 0.25) is 0 Å². The molecule has 1 amide bonds. The zero-order valence-electron chi connectivity index (χ0n) is 14.6. The molecule has 0 unspecified atom stereocenters. The highest BCUT2D eigenvalue weighted by Gasteiger charge is 2.34. The Morgan fingerprint density at radius 3 is 2.58 bits per heavy atom. The number of hydrogen-bond acceptors (Lipinski definition) is 4. The lowest BCUT2D eigenvalue weighted by molar-refractivity contribution is 0.0975. The van der Waals surface area contributed by atoms with Crippen molar-refractivity contribution >= 4 is 17.3 Å². The number of rotatable bonds is 3. The molecule has 2 heterocycles. The number of aromatic nitrogens is 1. The fraction of sp³-hybridized carbons (Fsp3) is 0.143. The van der Waals surface area contributed by atoms with E-state index in [1.807, 2.05) is 61.5 Å². The van der Waals surface area contributed by atoms with Crippen LogP contribution < -0.4 is 15.0 Å². The minimum atomic E-state index is -0.315. The molecule has 4 rings (SSSR count). The third kappa shape index (κ3) is 2.67. The Kier molecular flexibility index (Phi) is 4.05. The van der Waals surface area contributed by atoms with Crippen LogP contribution in [0.3, 0.4) is 0 Å². The molecule has 1 aliphatic heterocycles. The lowest BCUT2D eigenvalue weighted by atomic mass is 10.0. The number of para-hydroxylation sites is 1. The first-order valence-corrected chi connectivity index (χ1v) is 8.43. The first kappa shape index (κ1) is 16.1. The summed E-state index contributed by atoms with van der Waals surface area (Å²) in [6, 6.07) is 17.2. The van der Waals surface area contributed by atoms with E-state index in [-0.39, 0.29) is 12.1 Å². The summed E-state index contributed by atoms with van der Waals surface area (Å²) in [4.78, 5) is 19.1. The summed E-state index contributed by atoms with van der Waals surface area (Å²) in [6.07, 6.45) is 3.07. The maximum absolute atomic E-state index is 13.2. The van der Waals surface area contributed by atoms with E-state index in [4.69, 9.17) is 4.74 Å². The molecule has 26 heavy (non-hydrogen) atoms. The number of nitrogens with one attached hydrogen (secondary N) is 1. The summed E-state index contributed by atoms with van der Waals surface area (Å²) in [5.41, 5.74) is 4.30. The van der Waals surface area contributed by atoms with Gasteiger partial charge >= 0.3 is 0 Å². The van der Waals surface area contributed by atoms with Crippen LogP contribution in [0.4, 0.5) is 11.4 Å². The topological polar surface area (TPSA) is 54.5 Å². The van der Waals surface area contributed by atoms with Gasteiger partial charge in [0.1, 0.15) is 11.9 Å². The van der Waals surface area contributed by atoms with Gasteiger partial charge in [-0.05, 0) is 54.4 Å². The SMILES string of the molecule is COc1ccc([C@H]2Nc3ccccc3C(=O)N2c2ccncc2)cc1C. The van der Waals surface area contributed by atoms with Crippen molar-refractivity contribution in [3.63, 3.8) is 0 Å². The molecule has 0 spiro atoms. The van der Waals surface area contributed by atoms with E-state index in [0.29, 0.717) is 5.56 Å². The number of carbonyl (C=O) groups excluding carboxylic acids is 1. The van der Waals surface area contributed by atoms with Crippen LogP contribution in [0.15, 0.2) is 67.0 Å². The monoisotopic (exact) mass is 345 g/mol. The van der Waals surface area contributed by atoms with Gasteiger partial charge in [0.25, 0.3) is 5.91 Å². The molecule has 0 radical (unpaired) electrons. The van der Waals surface area contributed by atoms with Gasteiger partial charge in [-0.3, -0.25) is 14.7 Å². The van der Waals surface area contributed by atoms with E-state index in [0.717, 1.165) is 28.3 Å². The van der Waals surface area contributed by atoms with Crippen molar-refractivity contribution in [2.45, 2.75) is 13.1 Å². The van der Waals surface area contributed by atoms with Crippen molar-refractivity contribution in [2.75, 3.05) is 17.3 Å². The number of aryl methyl sites for hydroxylation is 1. The molecule has 5 nitrogen and oxygen atoms in total. The maximum Gasteiger partial charge on any atom is 0.262 e. The molecule has 1 atom stereocenters. The molecule has 0 bridgehead atoms. The summed E-state index contributed by atoms with van der Waals surface area (Å²) in [7, 11) is 1.66. The third-order valence-electron chi connectivity index (χ3n) is 4.60. The van der Waals surface area contributed by atoms with Crippen LogP contribution in [0.2, 0.25) is 0 Å². The predicted molar refractivity (Wildman–Crippen MR) is 102 cm³/mol. The lowest BCUT2D eigenvalue weighted by Crippen LogP contribution is -2.43. The number of carbonyl (C=O) groups is 1. The second kappa shape index (κ2) is 6.52. The Morgan fingerprint density at radius 1 is 1.08 bits per heavy atom. The predicted octanol–water partition coefficient (Wildman–Crippen LogP) is 4.17. The Bertz CT molecular complexity index is 956. The third-order valence-corrected chi connectivity index (χ3v) is 4.60. The Labute approximate surface area is 152 Å². The maximum atomic E-state index is 13.2. The quantitative estimate of drug-likeness (QED) is 0.774. The van der Waals surface area contributed by atoms with Gasteiger partial charge in [-0.1, -0.05) is 18.2 Å². The van der Waals surface area contributed by atoms with E-state index in [2.05, 4.69) is 10.3 Å². The highest BCUT2D eigenvalue weighted by molar-refractivity contribution is 6.12. The molecule has 1 aliphatic rings. The van der Waals surface area contributed by atoms with Crippen LogP contribution >= 0.6 is 0 Å². The first-order valence-electron chi connectivity index (χ1n) is 8.43. The fourth-order valence-corrected chi connectivity index (χ4v) is 3.33. The molecule has 130 valence electrons. The minimum absolute atomic E-state index is 0.0379.